The lowest BCUT2D eigenvalue weighted by molar-refractivity contribution is 0.0684. The van der Waals surface area contributed by atoms with Crippen molar-refractivity contribution in [1.82, 2.24) is 4.98 Å². The van der Waals surface area contributed by atoms with E-state index in [0.29, 0.717) is 5.69 Å². The summed E-state index contributed by atoms with van der Waals surface area (Å²) in [6.07, 6.45) is 0. The van der Waals surface area contributed by atoms with Gasteiger partial charge in [0.1, 0.15) is 18.2 Å². The van der Waals surface area contributed by atoms with Gasteiger partial charge in [0.2, 0.25) is 0 Å². The molecule has 0 bridgehead atoms. The van der Waals surface area contributed by atoms with Gasteiger partial charge >= 0.3 is 5.97 Å². The number of aryl methyl sites for hydroxylation is 1. The first kappa shape index (κ1) is 13.9. The monoisotopic (exact) mass is 279 g/mol. The Hall–Kier alpha value is -2.50. The van der Waals surface area contributed by atoms with E-state index in [2.05, 4.69) is 4.98 Å². The van der Waals surface area contributed by atoms with Crippen molar-refractivity contribution < 1.29 is 23.4 Å². The highest BCUT2D eigenvalue weighted by Gasteiger charge is 2.13. The van der Waals surface area contributed by atoms with Crippen LogP contribution in [0.2, 0.25) is 0 Å². The van der Waals surface area contributed by atoms with E-state index in [4.69, 9.17) is 9.84 Å². The number of hydrogen-bond acceptors (Lipinski definition) is 3. The van der Waals surface area contributed by atoms with Crippen molar-refractivity contribution in [2.75, 3.05) is 0 Å². The van der Waals surface area contributed by atoms with Crippen molar-refractivity contribution in [3.8, 4) is 5.75 Å². The second-order valence-electron chi connectivity index (χ2n) is 4.17. The largest absolute Gasteiger partial charge is 0.486 e. The molecular weight excluding hydrogens is 268 g/mol. The van der Waals surface area contributed by atoms with Gasteiger partial charge < -0.3 is 9.84 Å². The molecule has 0 unspecified atom stereocenters. The molecule has 0 saturated carbocycles. The fourth-order valence-electron chi connectivity index (χ4n) is 1.67. The van der Waals surface area contributed by atoms with Crippen LogP contribution in [0.15, 0.2) is 30.3 Å². The Balaban J connectivity index is 2.20. The molecule has 1 aromatic heterocycles. The highest BCUT2D eigenvalue weighted by Crippen LogP contribution is 2.19. The molecule has 0 aliphatic heterocycles. The molecule has 0 amide bonds. The molecule has 0 radical (unpaired) electrons. The molecule has 0 aliphatic carbocycles. The molecule has 1 N–H and O–H groups in total. The maximum absolute atomic E-state index is 13.0. The molecule has 0 spiro atoms. The molecule has 1 aromatic carbocycles. The molecule has 2 rings (SSSR count). The number of nitrogens with zero attached hydrogens (tertiary/aromatic N) is 1. The zero-order valence-corrected chi connectivity index (χ0v) is 10.6. The van der Waals surface area contributed by atoms with Crippen LogP contribution < -0.4 is 4.74 Å². The maximum Gasteiger partial charge on any atom is 0.358 e. The SMILES string of the molecule is Cc1ccc(OCc2cc(F)cc(F)c2)c(C(=O)O)n1. The van der Waals surface area contributed by atoms with Gasteiger partial charge in [-0.25, -0.2) is 18.6 Å². The smallest absolute Gasteiger partial charge is 0.358 e. The lowest BCUT2D eigenvalue weighted by Crippen LogP contribution is -2.07. The molecule has 2 aromatic rings. The second kappa shape index (κ2) is 5.64. The first-order chi connectivity index (χ1) is 9.45. The van der Waals surface area contributed by atoms with Crippen LogP contribution in [0.4, 0.5) is 8.78 Å². The first-order valence-electron chi connectivity index (χ1n) is 5.74. The standard InChI is InChI=1S/C14H11F2NO3/c1-8-2-3-12(13(17-8)14(18)19)20-7-9-4-10(15)6-11(16)5-9/h2-6H,7H2,1H3,(H,18,19). The third kappa shape index (κ3) is 3.28. The minimum absolute atomic E-state index is 0.0489. The number of benzene rings is 1. The summed E-state index contributed by atoms with van der Waals surface area (Å²) in [5.74, 6) is -2.62. The molecule has 0 atom stereocenters. The zero-order chi connectivity index (χ0) is 14.7. The molecule has 1 heterocycles. The number of carboxylic acids is 1. The van der Waals surface area contributed by atoms with Crippen LogP contribution in [-0.2, 0) is 6.61 Å². The number of ether oxygens (including phenoxy) is 1. The molecule has 104 valence electrons. The van der Waals surface area contributed by atoms with E-state index in [-0.39, 0.29) is 23.6 Å². The summed E-state index contributed by atoms with van der Waals surface area (Å²) in [5, 5.41) is 9.01. The van der Waals surface area contributed by atoms with E-state index in [9.17, 15) is 13.6 Å². The van der Waals surface area contributed by atoms with Crippen LogP contribution in [0.3, 0.4) is 0 Å². The predicted molar refractivity (Wildman–Crippen MR) is 66.6 cm³/mol. The summed E-state index contributed by atoms with van der Waals surface area (Å²) in [4.78, 5) is 14.9. The first-order valence-corrected chi connectivity index (χ1v) is 5.74. The Labute approximate surface area is 113 Å². The third-order valence-corrected chi connectivity index (χ3v) is 2.52. The molecule has 0 saturated heterocycles. The van der Waals surface area contributed by atoms with Crippen LogP contribution in [0.1, 0.15) is 21.7 Å². The minimum Gasteiger partial charge on any atom is -0.486 e. The van der Waals surface area contributed by atoms with Gasteiger partial charge in [-0.15, -0.1) is 0 Å². The molecule has 20 heavy (non-hydrogen) atoms. The minimum atomic E-state index is -1.23. The molecule has 0 aliphatic rings. The molecule has 6 heteroatoms. The third-order valence-electron chi connectivity index (χ3n) is 2.52. The number of aromatic carboxylic acids is 1. The van der Waals surface area contributed by atoms with Gasteiger partial charge in [0.25, 0.3) is 0 Å². The average Bonchev–Trinajstić information content (AvgIpc) is 2.36. The Kier molecular flexibility index (Phi) is 3.93. The predicted octanol–water partition coefficient (Wildman–Crippen LogP) is 2.95. The van der Waals surface area contributed by atoms with Crippen LogP contribution in [0.25, 0.3) is 0 Å². The van der Waals surface area contributed by atoms with Crippen molar-refractivity contribution in [2.24, 2.45) is 0 Å². The summed E-state index contributed by atoms with van der Waals surface area (Å²) < 4.78 is 31.3. The summed E-state index contributed by atoms with van der Waals surface area (Å²) in [6.45, 7) is 1.50. The van der Waals surface area contributed by atoms with Crippen LogP contribution in [-0.4, -0.2) is 16.1 Å². The lowest BCUT2D eigenvalue weighted by Gasteiger charge is -2.09. The normalized spacial score (nSPS) is 10.3. The van der Waals surface area contributed by atoms with Gasteiger partial charge in [-0.3, -0.25) is 0 Å². The highest BCUT2D eigenvalue weighted by molar-refractivity contribution is 5.88. The summed E-state index contributed by atoms with van der Waals surface area (Å²) >= 11 is 0. The van der Waals surface area contributed by atoms with Gasteiger partial charge in [0.15, 0.2) is 11.4 Å². The number of pyridine rings is 1. The molecule has 4 nitrogen and oxygen atoms in total. The number of hydrogen-bond donors (Lipinski definition) is 1. The van der Waals surface area contributed by atoms with E-state index in [1.165, 1.54) is 6.07 Å². The number of carbonyl (C=O) groups is 1. The topological polar surface area (TPSA) is 59.4 Å². The second-order valence-corrected chi connectivity index (χ2v) is 4.17. The van der Waals surface area contributed by atoms with Crippen molar-refractivity contribution in [2.45, 2.75) is 13.5 Å². The van der Waals surface area contributed by atoms with Crippen molar-refractivity contribution in [1.29, 1.82) is 0 Å². The fraction of sp³-hybridized carbons (Fsp3) is 0.143. The van der Waals surface area contributed by atoms with Crippen LogP contribution in [0.5, 0.6) is 5.75 Å². The van der Waals surface area contributed by atoms with Crippen LogP contribution in [0, 0.1) is 18.6 Å². The molecule has 0 fully saturated rings. The fourth-order valence-corrected chi connectivity index (χ4v) is 1.67. The van der Waals surface area contributed by atoms with Gasteiger partial charge in [-0.1, -0.05) is 0 Å². The maximum atomic E-state index is 13.0. The van der Waals surface area contributed by atoms with E-state index in [1.807, 2.05) is 0 Å². The van der Waals surface area contributed by atoms with Gasteiger partial charge in [0, 0.05) is 11.8 Å². The Morgan fingerprint density at radius 2 is 1.90 bits per heavy atom. The highest BCUT2D eigenvalue weighted by atomic mass is 19.1. The summed E-state index contributed by atoms with van der Waals surface area (Å²) in [7, 11) is 0. The average molecular weight is 279 g/mol. The Bertz CT molecular complexity index is 639. The number of halogens is 2. The van der Waals surface area contributed by atoms with Crippen molar-refractivity contribution in [3.63, 3.8) is 0 Å². The summed E-state index contributed by atoms with van der Waals surface area (Å²) in [6, 6.07) is 6.03. The van der Waals surface area contributed by atoms with E-state index >= 15 is 0 Å². The van der Waals surface area contributed by atoms with Crippen LogP contribution >= 0.6 is 0 Å². The Morgan fingerprint density at radius 1 is 1.25 bits per heavy atom. The zero-order valence-electron chi connectivity index (χ0n) is 10.6. The lowest BCUT2D eigenvalue weighted by atomic mass is 10.2. The number of aromatic nitrogens is 1. The van der Waals surface area contributed by atoms with E-state index < -0.39 is 17.6 Å². The van der Waals surface area contributed by atoms with E-state index in [1.54, 1.807) is 13.0 Å². The quantitative estimate of drug-likeness (QED) is 0.934. The van der Waals surface area contributed by atoms with Crippen molar-refractivity contribution in [3.05, 3.63) is 58.9 Å². The Morgan fingerprint density at radius 3 is 2.50 bits per heavy atom. The molecular formula is C14H11F2NO3. The van der Waals surface area contributed by atoms with Crippen molar-refractivity contribution >= 4 is 5.97 Å². The van der Waals surface area contributed by atoms with Gasteiger partial charge in [-0.05, 0) is 36.8 Å². The van der Waals surface area contributed by atoms with Gasteiger partial charge in [0.05, 0.1) is 0 Å². The van der Waals surface area contributed by atoms with Gasteiger partial charge in [-0.2, -0.15) is 0 Å². The van der Waals surface area contributed by atoms with E-state index in [0.717, 1.165) is 18.2 Å². The summed E-state index contributed by atoms with van der Waals surface area (Å²) in [5.41, 5.74) is 0.563. The number of carboxylic acid groups (broad SMARTS) is 1. The number of rotatable bonds is 4.